The van der Waals surface area contributed by atoms with Gasteiger partial charge in [-0.05, 0) is 81.6 Å². The number of carbonyl (C=O) groups is 1. The zero-order chi connectivity index (χ0) is 33.2. The first-order chi connectivity index (χ1) is 22.8. The summed E-state index contributed by atoms with van der Waals surface area (Å²) in [7, 11) is 3.79. The van der Waals surface area contributed by atoms with Crippen LogP contribution in [-0.2, 0) is 6.42 Å². The normalized spacial score (nSPS) is 13.6. The van der Waals surface area contributed by atoms with Crippen molar-refractivity contribution in [3.8, 4) is 17.2 Å². The van der Waals surface area contributed by atoms with Gasteiger partial charge in [-0.25, -0.2) is 9.78 Å². The Balaban J connectivity index is 1.27. The van der Waals surface area contributed by atoms with E-state index in [1.54, 1.807) is 31.8 Å². The first-order valence-corrected chi connectivity index (χ1v) is 16.1. The average Bonchev–Trinajstić information content (AvgIpc) is 3.07. The average molecular weight is 640 g/mol. The van der Waals surface area contributed by atoms with Gasteiger partial charge in [-0.1, -0.05) is 23.8 Å². The summed E-state index contributed by atoms with van der Waals surface area (Å²) in [6.07, 6.45) is 6.12. The third-order valence-corrected chi connectivity index (χ3v) is 8.17. The molecule has 1 fully saturated rings. The lowest BCUT2D eigenvalue weighted by atomic mass is 10.1. The van der Waals surface area contributed by atoms with Crippen LogP contribution in [0.5, 0.6) is 17.2 Å². The highest BCUT2D eigenvalue weighted by Crippen LogP contribution is 2.32. The Morgan fingerprint density at radius 1 is 0.979 bits per heavy atom. The number of carbonyl (C=O) groups excluding carboxylic acids is 1. The molecular formula is C36H45N7O4. The van der Waals surface area contributed by atoms with Gasteiger partial charge in [0.1, 0.15) is 11.6 Å². The van der Waals surface area contributed by atoms with Crippen LogP contribution in [0.1, 0.15) is 28.7 Å². The summed E-state index contributed by atoms with van der Waals surface area (Å²) in [5, 5.41) is 3.24. The van der Waals surface area contributed by atoms with Crippen molar-refractivity contribution in [3.05, 3.63) is 89.4 Å². The molecule has 47 heavy (non-hydrogen) atoms. The number of pyridine rings is 1. The Morgan fingerprint density at radius 3 is 2.49 bits per heavy atom. The van der Waals surface area contributed by atoms with Crippen molar-refractivity contribution < 1.29 is 19.0 Å². The van der Waals surface area contributed by atoms with Crippen LogP contribution >= 0.6 is 0 Å². The van der Waals surface area contributed by atoms with Crippen LogP contribution in [0.4, 0.5) is 22.2 Å². The maximum Gasteiger partial charge on any atom is 0.420 e. The Labute approximate surface area is 277 Å². The number of likely N-dealkylation sites (N-methyl/N-ethyl adjacent to an activating group) is 1. The minimum absolute atomic E-state index is 0.326. The molecule has 11 heteroatoms. The first kappa shape index (κ1) is 33.6. The van der Waals surface area contributed by atoms with Crippen molar-refractivity contribution in [1.29, 1.82) is 0 Å². The fraction of sp³-hybridized carbons (Fsp3) is 0.389. The number of hydrogen-bond donors (Lipinski definition) is 1. The van der Waals surface area contributed by atoms with Crippen LogP contribution in [0.15, 0.2) is 67.1 Å². The molecule has 0 unspecified atom stereocenters. The van der Waals surface area contributed by atoms with Crippen molar-refractivity contribution in [2.75, 3.05) is 70.2 Å². The topological polar surface area (TPSA) is 105 Å². The zero-order valence-corrected chi connectivity index (χ0v) is 28.0. The van der Waals surface area contributed by atoms with Crippen molar-refractivity contribution in [2.24, 2.45) is 0 Å². The first-order valence-electron chi connectivity index (χ1n) is 16.1. The Kier molecular flexibility index (Phi) is 11.6. The molecule has 1 aliphatic rings. The lowest BCUT2D eigenvalue weighted by Crippen LogP contribution is -2.44. The van der Waals surface area contributed by atoms with Gasteiger partial charge in [-0.15, -0.1) is 0 Å². The van der Waals surface area contributed by atoms with Crippen LogP contribution in [0.25, 0.3) is 0 Å². The predicted octanol–water partition coefficient (Wildman–Crippen LogP) is 5.81. The molecule has 2 aromatic carbocycles. The molecule has 3 heterocycles. The van der Waals surface area contributed by atoms with Crippen molar-refractivity contribution in [3.63, 3.8) is 0 Å². The van der Waals surface area contributed by atoms with Crippen LogP contribution in [-0.4, -0.2) is 90.9 Å². The van der Waals surface area contributed by atoms with E-state index >= 15 is 0 Å². The molecule has 0 atom stereocenters. The number of methoxy groups -OCH3 is 1. The molecule has 1 N–H and O–H groups in total. The summed E-state index contributed by atoms with van der Waals surface area (Å²) >= 11 is 0. The van der Waals surface area contributed by atoms with Gasteiger partial charge in [0.05, 0.1) is 13.7 Å². The van der Waals surface area contributed by atoms with Crippen LogP contribution in [0.2, 0.25) is 0 Å². The van der Waals surface area contributed by atoms with Crippen molar-refractivity contribution in [2.45, 2.75) is 33.6 Å². The number of nitrogens with one attached hydrogen (secondary N) is 1. The molecule has 1 amide bonds. The molecule has 5 rings (SSSR count). The van der Waals surface area contributed by atoms with E-state index in [4.69, 9.17) is 19.2 Å². The molecule has 248 valence electrons. The summed E-state index contributed by atoms with van der Waals surface area (Å²) in [6, 6.07) is 15.2. The quantitative estimate of drug-likeness (QED) is 0.180. The maximum absolute atomic E-state index is 13.7. The molecular weight excluding hydrogens is 594 g/mol. The maximum atomic E-state index is 13.7. The Morgan fingerprint density at radius 2 is 1.77 bits per heavy atom. The molecule has 2 aromatic heterocycles. The highest BCUT2D eigenvalue weighted by atomic mass is 16.6. The smallest absolute Gasteiger partial charge is 0.420 e. The van der Waals surface area contributed by atoms with E-state index in [-0.39, 0.29) is 0 Å². The number of piperazine rings is 1. The van der Waals surface area contributed by atoms with E-state index < -0.39 is 6.09 Å². The second kappa shape index (κ2) is 16.2. The van der Waals surface area contributed by atoms with E-state index in [9.17, 15) is 4.79 Å². The van der Waals surface area contributed by atoms with Crippen LogP contribution < -0.4 is 24.4 Å². The molecule has 1 aliphatic heterocycles. The summed E-state index contributed by atoms with van der Waals surface area (Å²) in [4.78, 5) is 33.4. The van der Waals surface area contributed by atoms with Gasteiger partial charge in [0.25, 0.3) is 0 Å². The minimum atomic E-state index is -0.524. The molecule has 11 nitrogen and oxygen atoms in total. The second-order valence-corrected chi connectivity index (χ2v) is 11.9. The molecule has 4 aromatic rings. The van der Waals surface area contributed by atoms with E-state index in [0.717, 1.165) is 67.1 Å². The fourth-order valence-electron chi connectivity index (χ4n) is 5.65. The van der Waals surface area contributed by atoms with Gasteiger partial charge >= 0.3 is 6.09 Å². The van der Waals surface area contributed by atoms with Crippen LogP contribution in [0.3, 0.4) is 0 Å². The van der Waals surface area contributed by atoms with Gasteiger partial charge in [-0.2, -0.15) is 4.98 Å². The third-order valence-electron chi connectivity index (χ3n) is 8.17. The van der Waals surface area contributed by atoms with E-state index in [0.29, 0.717) is 48.6 Å². The number of ether oxygens (including phenoxy) is 3. The van der Waals surface area contributed by atoms with E-state index in [2.05, 4.69) is 32.1 Å². The summed E-state index contributed by atoms with van der Waals surface area (Å²) in [6.45, 7) is 12.3. The van der Waals surface area contributed by atoms with Gasteiger partial charge in [0.2, 0.25) is 5.95 Å². The van der Waals surface area contributed by atoms with Crippen molar-refractivity contribution >= 4 is 23.5 Å². The Bertz CT molecular complexity index is 1600. The van der Waals surface area contributed by atoms with Gasteiger partial charge in [0.15, 0.2) is 11.5 Å². The second-order valence-electron chi connectivity index (χ2n) is 11.9. The number of aromatic nitrogens is 3. The SMILES string of the molecule is COc1cc(Nc2nccc(N(CCc3cccnc3)C(=O)Oc3c(C)cc(C)cc3C)n2)ccc1OCCCN1CCN(C)CC1. The van der Waals surface area contributed by atoms with Gasteiger partial charge in [0, 0.05) is 69.6 Å². The number of amides is 1. The Hall–Kier alpha value is -4.74. The number of rotatable bonds is 13. The van der Waals surface area contributed by atoms with Gasteiger partial charge < -0.3 is 29.3 Å². The summed E-state index contributed by atoms with van der Waals surface area (Å²) in [5.74, 6) is 2.57. The molecule has 1 saturated heterocycles. The third kappa shape index (κ3) is 9.40. The monoisotopic (exact) mass is 639 g/mol. The summed E-state index contributed by atoms with van der Waals surface area (Å²) < 4.78 is 17.7. The minimum Gasteiger partial charge on any atom is -0.493 e. The lowest BCUT2D eigenvalue weighted by molar-refractivity contribution is 0.145. The fourth-order valence-corrected chi connectivity index (χ4v) is 5.65. The highest BCUT2D eigenvalue weighted by Gasteiger charge is 2.22. The number of hydrogen-bond acceptors (Lipinski definition) is 10. The number of aryl methyl sites for hydroxylation is 3. The molecule has 0 spiro atoms. The largest absolute Gasteiger partial charge is 0.493 e. The highest BCUT2D eigenvalue weighted by molar-refractivity contribution is 5.88. The van der Waals surface area contributed by atoms with Gasteiger partial charge in [-0.3, -0.25) is 9.88 Å². The molecule has 0 aliphatic carbocycles. The number of nitrogens with zero attached hydrogens (tertiary/aromatic N) is 6. The summed E-state index contributed by atoms with van der Waals surface area (Å²) in [5.41, 5.74) is 4.61. The number of benzene rings is 2. The molecule has 0 bridgehead atoms. The van der Waals surface area contributed by atoms with E-state index in [1.165, 1.54) is 4.90 Å². The van der Waals surface area contributed by atoms with Crippen molar-refractivity contribution in [1.82, 2.24) is 24.8 Å². The zero-order valence-electron chi connectivity index (χ0n) is 28.0. The molecule has 0 saturated carbocycles. The number of anilines is 3. The lowest BCUT2D eigenvalue weighted by Gasteiger charge is -2.32. The standard InChI is InChI=1S/C36H45N7O4/c1-26-22-27(2)34(28(3)23-26)47-36(44)43(16-12-29-8-6-13-37-25-29)33-11-14-38-35(40-33)39-30-9-10-31(32(24-30)45-5)46-21-7-15-42-19-17-41(4)18-20-42/h6,8-11,13-14,22-25H,7,12,15-21H2,1-5H3,(H,38,39,40). The molecule has 0 radical (unpaired) electrons. The van der Waals surface area contributed by atoms with E-state index in [1.807, 2.05) is 63.2 Å². The predicted molar refractivity (Wildman–Crippen MR) is 184 cm³/mol. The van der Waals surface area contributed by atoms with Crippen LogP contribution in [0, 0.1) is 20.8 Å².